The molecule has 118 valence electrons. The highest BCUT2D eigenvalue weighted by Gasteiger charge is 2.31. The average Bonchev–Trinajstić information content (AvgIpc) is 2.47. The zero-order valence-corrected chi connectivity index (χ0v) is 14.3. The van der Waals surface area contributed by atoms with Gasteiger partial charge in [-0.3, -0.25) is 0 Å². The Bertz CT molecular complexity index is 432. The highest BCUT2D eigenvalue weighted by Crippen LogP contribution is 2.38. The predicted molar refractivity (Wildman–Crippen MR) is 91.5 cm³/mol. The van der Waals surface area contributed by atoms with Crippen molar-refractivity contribution in [3.63, 3.8) is 0 Å². The second-order valence-electron chi connectivity index (χ2n) is 7.04. The fraction of sp³-hybridized carbons (Fsp3) is 0.684. The van der Waals surface area contributed by atoms with Crippen LogP contribution in [0.1, 0.15) is 62.3 Å². The third-order valence-electron chi connectivity index (χ3n) is 5.54. The molecule has 0 bridgehead atoms. The van der Waals surface area contributed by atoms with Gasteiger partial charge in [0.15, 0.2) is 0 Å². The summed E-state index contributed by atoms with van der Waals surface area (Å²) in [7, 11) is 0. The van der Waals surface area contributed by atoms with Crippen LogP contribution >= 0.6 is 0 Å². The van der Waals surface area contributed by atoms with Gasteiger partial charge in [-0.15, -0.1) is 0 Å². The Morgan fingerprint density at radius 2 is 1.57 bits per heavy atom. The highest BCUT2D eigenvalue weighted by atomic mass is 15.1. The summed E-state index contributed by atoms with van der Waals surface area (Å²) in [5.74, 6) is 0. The largest absolute Gasteiger partial charge is 0.323 e. The van der Waals surface area contributed by atoms with E-state index in [-0.39, 0.29) is 6.04 Å². The number of likely N-dealkylation sites (tertiary alicyclic amines) is 1. The summed E-state index contributed by atoms with van der Waals surface area (Å²) in [6.07, 6.45) is 5.31. The molecule has 1 heterocycles. The van der Waals surface area contributed by atoms with E-state index in [9.17, 15) is 0 Å². The topological polar surface area (TPSA) is 29.3 Å². The van der Waals surface area contributed by atoms with Crippen molar-refractivity contribution in [3.05, 3.63) is 34.9 Å². The van der Waals surface area contributed by atoms with E-state index < -0.39 is 0 Å². The Kier molecular flexibility index (Phi) is 5.45. The van der Waals surface area contributed by atoms with Crippen molar-refractivity contribution in [2.75, 3.05) is 19.6 Å². The monoisotopic (exact) mass is 288 g/mol. The quantitative estimate of drug-likeness (QED) is 0.879. The predicted octanol–water partition coefficient (Wildman–Crippen LogP) is 4.21. The summed E-state index contributed by atoms with van der Waals surface area (Å²) in [6.45, 7) is 12.4. The van der Waals surface area contributed by atoms with E-state index in [0.717, 1.165) is 6.54 Å². The molecule has 1 aromatic rings. The number of nitrogens with zero attached hydrogens (tertiary/aromatic N) is 1. The molecule has 0 amide bonds. The van der Waals surface area contributed by atoms with Gasteiger partial charge < -0.3 is 10.6 Å². The summed E-state index contributed by atoms with van der Waals surface area (Å²) in [5, 5.41) is 0. The van der Waals surface area contributed by atoms with Crippen molar-refractivity contribution in [2.24, 2.45) is 11.1 Å². The minimum atomic E-state index is 0.138. The molecule has 1 aliphatic rings. The minimum absolute atomic E-state index is 0.138. The van der Waals surface area contributed by atoms with Gasteiger partial charge in [-0.1, -0.05) is 56.0 Å². The molecule has 1 unspecified atom stereocenters. The number of nitrogens with two attached hydrogens (primary N) is 1. The average molecular weight is 288 g/mol. The van der Waals surface area contributed by atoms with Gasteiger partial charge in [0.05, 0.1) is 0 Å². The Balaban J connectivity index is 1.94. The Morgan fingerprint density at radius 1 is 1.05 bits per heavy atom. The number of hydrogen-bond donors (Lipinski definition) is 1. The van der Waals surface area contributed by atoms with Crippen LogP contribution in [0.3, 0.4) is 0 Å². The Morgan fingerprint density at radius 3 is 2.05 bits per heavy atom. The van der Waals surface area contributed by atoms with Gasteiger partial charge in [-0.25, -0.2) is 0 Å². The molecule has 2 heteroatoms. The normalized spacial score (nSPS) is 20.4. The van der Waals surface area contributed by atoms with Crippen molar-refractivity contribution >= 4 is 0 Å². The van der Waals surface area contributed by atoms with E-state index in [4.69, 9.17) is 5.73 Å². The first-order chi connectivity index (χ1) is 9.98. The molecule has 2 nitrogen and oxygen atoms in total. The highest BCUT2D eigenvalue weighted by molar-refractivity contribution is 5.30. The van der Waals surface area contributed by atoms with Crippen LogP contribution in [0.5, 0.6) is 0 Å². The van der Waals surface area contributed by atoms with Gasteiger partial charge >= 0.3 is 0 Å². The van der Waals surface area contributed by atoms with Gasteiger partial charge in [0.25, 0.3) is 0 Å². The maximum Gasteiger partial charge on any atom is 0.0424 e. The van der Waals surface area contributed by atoms with Crippen molar-refractivity contribution in [3.8, 4) is 0 Å². The van der Waals surface area contributed by atoms with E-state index in [1.807, 2.05) is 0 Å². The number of aryl methyl sites for hydroxylation is 2. The smallest absolute Gasteiger partial charge is 0.0424 e. The number of hydrogen-bond acceptors (Lipinski definition) is 2. The number of benzene rings is 1. The summed E-state index contributed by atoms with van der Waals surface area (Å²) >= 11 is 0. The first-order valence-electron chi connectivity index (χ1n) is 8.54. The van der Waals surface area contributed by atoms with Crippen LogP contribution in [0.25, 0.3) is 0 Å². The molecule has 1 aliphatic heterocycles. The third-order valence-corrected chi connectivity index (χ3v) is 5.54. The lowest BCUT2D eigenvalue weighted by Gasteiger charge is -2.41. The van der Waals surface area contributed by atoms with E-state index in [1.165, 1.54) is 55.5 Å². The maximum atomic E-state index is 6.45. The summed E-state index contributed by atoms with van der Waals surface area (Å²) < 4.78 is 0. The van der Waals surface area contributed by atoms with Crippen molar-refractivity contribution in [1.29, 1.82) is 0 Å². The van der Waals surface area contributed by atoms with Crippen molar-refractivity contribution in [2.45, 2.75) is 59.4 Å². The molecule has 2 rings (SSSR count). The van der Waals surface area contributed by atoms with Crippen LogP contribution in [0, 0.1) is 19.3 Å². The molecule has 0 aromatic heterocycles. The standard InChI is InChI=1S/C19H32N2/c1-5-19(6-2)7-9-21(10-8-19)14-18(20)17-12-15(3)11-16(4)13-17/h11-13,18H,5-10,14,20H2,1-4H3. The number of rotatable bonds is 5. The fourth-order valence-electron chi connectivity index (χ4n) is 3.77. The zero-order valence-electron chi connectivity index (χ0n) is 14.3. The summed E-state index contributed by atoms with van der Waals surface area (Å²) in [6, 6.07) is 6.83. The third kappa shape index (κ3) is 4.08. The van der Waals surface area contributed by atoms with Gasteiger partial charge in [0.2, 0.25) is 0 Å². The first-order valence-corrected chi connectivity index (χ1v) is 8.54. The molecule has 0 aliphatic carbocycles. The van der Waals surface area contributed by atoms with Crippen LogP contribution in [0.2, 0.25) is 0 Å². The first kappa shape index (κ1) is 16.5. The lowest BCUT2D eigenvalue weighted by Crippen LogP contribution is -2.42. The van der Waals surface area contributed by atoms with E-state index in [2.05, 4.69) is 50.8 Å². The molecule has 1 atom stereocenters. The van der Waals surface area contributed by atoms with E-state index in [0.29, 0.717) is 5.41 Å². The van der Waals surface area contributed by atoms with E-state index >= 15 is 0 Å². The molecule has 1 fully saturated rings. The van der Waals surface area contributed by atoms with Crippen LogP contribution in [0.4, 0.5) is 0 Å². The van der Waals surface area contributed by atoms with Crippen molar-refractivity contribution in [1.82, 2.24) is 4.90 Å². The molecule has 2 N–H and O–H groups in total. The summed E-state index contributed by atoms with van der Waals surface area (Å²) in [4.78, 5) is 2.56. The molecule has 1 aromatic carbocycles. The number of piperidine rings is 1. The van der Waals surface area contributed by atoms with Crippen LogP contribution < -0.4 is 5.73 Å². The maximum absolute atomic E-state index is 6.45. The minimum Gasteiger partial charge on any atom is -0.323 e. The second-order valence-corrected chi connectivity index (χ2v) is 7.04. The van der Waals surface area contributed by atoms with Gasteiger partial charge in [0, 0.05) is 12.6 Å². The lowest BCUT2D eigenvalue weighted by molar-refractivity contribution is 0.0914. The van der Waals surface area contributed by atoms with Gasteiger partial charge in [0.1, 0.15) is 0 Å². The van der Waals surface area contributed by atoms with Crippen LogP contribution in [-0.4, -0.2) is 24.5 Å². The van der Waals surface area contributed by atoms with Crippen molar-refractivity contribution < 1.29 is 0 Å². The van der Waals surface area contributed by atoms with Crippen LogP contribution in [-0.2, 0) is 0 Å². The molecule has 0 radical (unpaired) electrons. The van der Waals surface area contributed by atoms with Crippen LogP contribution in [0.15, 0.2) is 18.2 Å². The summed E-state index contributed by atoms with van der Waals surface area (Å²) in [5.41, 5.74) is 11.0. The zero-order chi connectivity index (χ0) is 15.5. The molecule has 0 spiro atoms. The molecule has 1 saturated heterocycles. The molecular weight excluding hydrogens is 256 g/mol. The fourth-order valence-corrected chi connectivity index (χ4v) is 3.77. The second kappa shape index (κ2) is 6.93. The molecule has 21 heavy (non-hydrogen) atoms. The van der Waals surface area contributed by atoms with Gasteiger partial charge in [-0.2, -0.15) is 0 Å². The molecule has 0 saturated carbocycles. The van der Waals surface area contributed by atoms with E-state index in [1.54, 1.807) is 0 Å². The Hall–Kier alpha value is -0.860. The van der Waals surface area contributed by atoms with Gasteiger partial charge in [-0.05, 0) is 50.8 Å². The SMILES string of the molecule is CCC1(CC)CCN(CC(N)c2cc(C)cc(C)c2)CC1. The lowest BCUT2D eigenvalue weighted by atomic mass is 9.74. The Labute approximate surface area is 130 Å². The molecular formula is C19H32N2.